The van der Waals surface area contributed by atoms with Crippen LogP contribution in [0.1, 0.15) is 42.5 Å². The van der Waals surface area contributed by atoms with Gasteiger partial charge >= 0.3 is 0 Å². The lowest BCUT2D eigenvalue weighted by Crippen LogP contribution is -2.36. The molecule has 4 rings (SSSR count). The molecule has 3 aromatic carbocycles. The van der Waals surface area contributed by atoms with E-state index in [1.165, 1.54) is 6.07 Å². The number of amides is 1. The minimum atomic E-state index is -4.00. The minimum Gasteiger partial charge on any atom is -0.277 e. The van der Waals surface area contributed by atoms with Gasteiger partial charge in [-0.05, 0) is 55.3 Å². The summed E-state index contributed by atoms with van der Waals surface area (Å²) in [5.74, 6) is -4.15. The highest BCUT2D eigenvalue weighted by atomic mass is 32.2. The Hall–Kier alpha value is -3.17. The second kappa shape index (κ2) is 9.99. The zero-order valence-corrected chi connectivity index (χ0v) is 19.0. The molecule has 1 aliphatic rings. The molecule has 0 heterocycles. The summed E-state index contributed by atoms with van der Waals surface area (Å²) in [6, 6.07) is 13.7. The van der Waals surface area contributed by atoms with E-state index in [4.69, 9.17) is 0 Å². The molecule has 0 spiro atoms. The smallest absolute Gasteiger partial charge is 0.265 e. The fraction of sp³-hybridized carbons (Fsp3) is 0.240. The minimum absolute atomic E-state index is 0.0388. The lowest BCUT2D eigenvalue weighted by Gasteiger charge is -2.24. The first-order valence-corrected chi connectivity index (χ1v) is 12.4. The van der Waals surface area contributed by atoms with Crippen LogP contribution in [0, 0.1) is 17.5 Å². The number of sulfonamides is 1. The Balaban J connectivity index is 1.74. The van der Waals surface area contributed by atoms with Gasteiger partial charge in [0.15, 0.2) is 11.6 Å². The van der Waals surface area contributed by atoms with Crippen LogP contribution < -0.4 is 9.62 Å². The molecule has 1 fully saturated rings. The summed E-state index contributed by atoms with van der Waals surface area (Å²) < 4.78 is 70.8. The lowest BCUT2D eigenvalue weighted by atomic mass is 9.96. The molecule has 3 aromatic rings. The molecule has 0 bridgehead atoms. The standard InChI is InChI=1S/C25H23F3N2O3S/c26-22-14-12-20(34(32,33)29-17-7-3-1-4-8-17)16-21(22)25(31)30(18-9-5-2-6-10-18)19-11-13-23(27)24(28)15-19/h2,5-6,9-17,29H,1,3-4,7-8H2. The molecule has 34 heavy (non-hydrogen) atoms. The molecule has 0 saturated heterocycles. The Morgan fingerprint density at radius 3 is 2.15 bits per heavy atom. The predicted octanol–water partition coefficient (Wildman–Crippen LogP) is 5.69. The predicted molar refractivity (Wildman–Crippen MR) is 123 cm³/mol. The second-order valence-electron chi connectivity index (χ2n) is 8.17. The summed E-state index contributed by atoms with van der Waals surface area (Å²) in [5, 5.41) is 0. The summed E-state index contributed by atoms with van der Waals surface area (Å²) in [5.41, 5.74) is -0.283. The molecule has 0 aliphatic heterocycles. The largest absolute Gasteiger partial charge is 0.277 e. The number of nitrogens with one attached hydrogen (secondary N) is 1. The van der Waals surface area contributed by atoms with Crippen molar-refractivity contribution in [3.8, 4) is 0 Å². The molecule has 5 nitrogen and oxygen atoms in total. The lowest BCUT2D eigenvalue weighted by molar-refractivity contribution is 0.0995. The summed E-state index contributed by atoms with van der Waals surface area (Å²) >= 11 is 0. The van der Waals surface area contributed by atoms with Crippen molar-refractivity contribution >= 4 is 27.3 Å². The van der Waals surface area contributed by atoms with Gasteiger partial charge in [0.2, 0.25) is 10.0 Å². The fourth-order valence-electron chi connectivity index (χ4n) is 4.05. The molecule has 0 unspecified atom stereocenters. The van der Waals surface area contributed by atoms with Crippen molar-refractivity contribution in [3.05, 3.63) is 89.7 Å². The average Bonchev–Trinajstić information content (AvgIpc) is 2.82. The molecule has 1 amide bonds. The van der Waals surface area contributed by atoms with Crippen molar-refractivity contribution in [2.75, 3.05) is 4.90 Å². The van der Waals surface area contributed by atoms with Crippen LogP contribution in [-0.4, -0.2) is 20.4 Å². The number of anilines is 2. The highest BCUT2D eigenvalue weighted by Gasteiger charge is 2.27. The third kappa shape index (κ3) is 5.15. The summed E-state index contributed by atoms with van der Waals surface area (Å²) in [6.07, 6.45) is 4.31. The SMILES string of the molecule is O=C(c1cc(S(=O)(=O)NC2CCCCC2)ccc1F)N(c1ccccc1)c1ccc(F)c(F)c1. The number of nitrogens with zero attached hydrogens (tertiary/aromatic N) is 1. The Morgan fingerprint density at radius 1 is 0.794 bits per heavy atom. The van der Waals surface area contributed by atoms with Gasteiger partial charge in [0.05, 0.1) is 16.1 Å². The zero-order valence-electron chi connectivity index (χ0n) is 18.2. The van der Waals surface area contributed by atoms with Crippen molar-refractivity contribution in [3.63, 3.8) is 0 Å². The van der Waals surface area contributed by atoms with Gasteiger partial charge in [-0.1, -0.05) is 37.5 Å². The number of carbonyl (C=O) groups excluding carboxylic acids is 1. The summed E-state index contributed by atoms with van der Waals surface area (Å²) in [7, 11) is -4.00. The first-order chi connectivity index (χ1) is 16.3. The van der Waals surface area contributed by atoms with Crippen molar-refractivity contribution in [2.45, 2.75) is 43.0 Å². The first kappa shape index (κ1) is 24.0. The molecule has 1 saturated carbocycles. The molecule has 178 valence electrons. The van der Waals surface area contributed by atoms with Crippen LogP contribution in [0.15, 0.2) is 71.6 Å². The maximum atomic E-state index is 14.8. The molecular formula is C25H23F3N2O3S. The summed E-state index contributed by atoms with van der Waals surface area (Å²) in [6.45, 7) is 0. The number of para-hydroxylation sites is 1. The van der Waals surface area contributed by atoms with Gasteiger partial charge in [0.1, 0.15) is 5.82 Å². The monoisotopic (exact) mass is 488 g/mol. The van der Waals surface area contributed by atoms with Gasteiger partial charge < -0.3 is 0 Å². The summed E-state index contributed by atoms with van der Waals surface area (Å²) in [4.78, 5) is 14.2. The van der Waals surface area contributed by atoms with Crippen LogP contribution in [0.4, 0.5) is 24.5 Å². The van der Waals surface area contributed by atoms with E-state index in [0.717, 1.165) is 54.5 Å². The normalized spacial score (nSPS) is 14.7. The quantitative estimate of drug-likeness (QED) is 0.485. The molecule has 0 radical (unpaired) electrons. The van der Waals surface area contributed by atoms with E-state index < -0.39 is 38.9 Å². The van der Waals surface area contributed by atoms with Gasteiger partial charge in [0, 0.05) is 17.8 Å². The number of benzene rings is 3. The van der Waals surface area contributed by atoms with E-state index in [-0.39, 0.29) is 22.3 Å². The van der Waals surface area contributed by atoms with Crippen LogP contribution in [0.5, 0.6) is 0 Å². The van der Waals surface area contributed by atoms with Gasteiger partial charge in [-0.2, -0.15) is 0 Å². The van der Waals surface area contributed by atoms with E-state index in [1.54, 1.807) is 30.3 Å². The Labute approximate surface area is 196 Å². The van der Waals surface area contributed by atoms with E-state index in [2.05, 4.69) is 4.72 Å². The molecule has 1 aliphatic carbocycles. The number of hydrogen-bond acceptors (Lipinski definition) is 3. The van der Waals surface area contributed by atoms with Crippen LogP contribution in [0.25, 0.3) is 0 Å². The van der Waals surface area contributed by atoms with Gasteiger partial charge in [-0.15, -0.1) is 0 Å². The Kier molecular flexibility index (Phi) is 7.04. The van der Waals surface area contributed by atoms with Crippen LogP contribution in [-0.2, 0) is 10.0 Å². The van der Waals surface area contributed by atoms with E-state index in [1.807, 2.05) is 0 Å². The van der Waals surface area contributed by atoms with Crippen molar-refractivity contribution in [1.82, 2.24) is 4.72 Å². The highest BCUT2D eigenvalue weighted by molar-refractivity contribution is 7.89. The number of hydrogen-bond donors (Lipinski definition) is 1. The Bertz CT molecular complexity index is 1290. The average molecular weight is 489 g/mol. The van der Waals surface area contributed by atoms with E-state index >= 15 is 0 Å². The molecule has 1 N–H and O–H groups in total. The molecule has 0 atom stereocenters. The zero-order chi connectivity index (χ0) is 24.3. The number of carbonyl (C=O) groups is 1. The van der Waals surface area contributed by atoms with Crippen molar-refractivity contribution < 1.29 is 26.4 Å². The number of halogens is 3. The fourth-order valence-corrected chi connectivity index (χ4v) is 5.38. The topological polar surface area (TPSA) is 66.5 Å². The van der Waals surface area contributed by atoms with Gasteiger partial charge in [-0.3, -0.25) is 9.69 Å². The van der Waals surface area contributed by atoms with Crippen molar-refractivity contribution in [1.29, 1.82) is 0 Å². The third-order valence-electron chi connectivity index (χ3n) is 5.78. The van der Waals surface area contributed by atoms with Gasteiger partial charge in [-0.25, -0.2) is 26.3 Å². The van der Waals surface area contributed by atoms with Crippen LogP contribution in [0.2, 0.25) is 0 Å². The Morgan fingerprint density at radius 2 is 1.47 bits per heavy atom. The number of rotatable bonds is 6. The second-order valence-corrected chi connectivity index (χ2v) is 9.89. The first-order valence-electron chi connectivity index (χ1n) is 10.9. The third-order valence-corrected chi connectivity index (χ3v) is 7.30. The van der Waals surface area contributed by atoms with Gasteiger partial charge in [0.25, 0.3) is 5.91 Å². The molecular weight excluding hydrogens is 465 g/mol. The maximum absolute atomic E-state index is 14.8. The van der Waals surface area contributed by atoms with E-state index in [9.17, 15) is 26.4 Å². The molecule has 9 heteroatoms. The van der Waals surface area contributed by atoms with Crippen LogP contribution >= 0.6 is 0 Å². The van der Waals surface area contributed by atoms with Crippen molar-refractivity contribution in [2.24, 2.45) is 0 Å². The maximum Gasteiger partial charge on any atom is 0.265 e. The van der Waals surface area contributed by atoms with Crippen LogP contribution in [0.3, 0.4) is 0 Å². The molecule has 0 aromatic heterocycles. The van der Waals surface area contributed by atoms with E-state index in [0.29, 0.717) is 12.8 Å². The highest BCUT2D eigenvalue weighted by Crippen LogP contribution is 2.30.